The molecule has 0 bridgehead atoms. The fourth-order valence-corrected chi connectivity index (χ4v) is 4.86. The summed E-state index contributed by atoms with van der Waals surface area (Å²) in [6.07, 6.45) is 7.00. The topological polar surface area (TPSA) is 89.5 Å². The number of nitrogens with zero attached hydrogens (tertiary/aromatic N) is 5. The molecule has 2 aliphatic rings. The van der Waals surface area contributed by atoms with Gasteiger partial charge in [0.25, 0.3) is 0 Å². The second-order valence-electron chi connectivity index (χ2n) is 8.99. The van der Waals surface area contributed by atoms with Gasteiger partial charge in [0, 0.05) is 36.5 Å². The number of oxime groups is 1. The van der Waals surface area contributed by atoms with E-state index < -0.39 is 0 Å². The van der Waals surface area contributed by atoms with Crippen LogP contribution in [0.15, 0.2) is 47.9 Å². The quantitative estimate of drug-likeness (QED) is 0.422. The summed E-state index contributed by atoms with van der Waals surface area (Å²) in [5.41, 5.74) is 12.1. The van der Waals surface area contributed by atoms with Crippen LogP contribution in [0.4, 0.5) is 10.3 Å². The SMILES string of the molecule is Cc1nc(N)nc2c1C(=NOCCCN1CCC1)CC(c1ccc(F)cc1-c1cccnc1)C2. The number of fused-ring (bicyclic) bond motifs is 1. The normalized spacial score (nSPS) is 19.0. The van der Waals surface area contributed by atoms with Crippen molar-refractivity contribution in [3.63, 3.8) is 0 Å². The summed E-state index contributed by atoms with van der Waals surface area (Å²) in [6.45, 7) is 5.88. The van der Waals surface area contributed by atoms with Crippen LogP contribution in [0.2, 0.25) is 0 Å². The summed E-state index contributed by atoms with van der Waals surface area (Å²) >= 11 is 0. The van der Waals surface area contributed by atoms with Gasteiger partial charge in [0.2, 0.25) is 5.95 Å². The molecule has 0 radical (unpaired) electrons. The zero-order valence-electron chi connectivity index (χ0n) is 19.4. The number of pyridine rings is 1. The minimum atomic E-state index is -0.277. The first-order chi connectivity index (χ1) is 16.6. The monoisotopic (exact) mass is 460 g/mol. The van der Waals surface area contributed by atoms with Gasteiger partial charge in [0.1, 0.15) is 12.4 Å². The fourth-order valence-electron chi connectivity index (χ4n) is 4.86. The number of aromatic nitrogens is 3. The number of aryl methyl sites for hydroxylation is 1. The average Bonchev–Trinajstić information content (AvgIpc) is 2.80. The Labute approximate surface area is 198 Å². The summed E-state index contributed by atoms with van der Waals surface area (Å²) in [5, 5.41) is 4.54. The van der Waals surface area contributed by atoms with E-state index in [2.05, 4.69) is 25.0 Å². The van der Waals surface area contributed by atoms with Crippen LogP contribution >= 0.6 is 0 Å². The Morgan fingerprint density at radius 3 is 2.85 bits per heavy atom. The van der Waals surface area contributed by atoms with E-state index in [1.165, 1.54) is 25.6 Å². The third kappa shape index (κ3) is 4.77. The first-order valence-electron chi connectivity index (χ1n) is 11.8. The highest BCUT2D eigenvalue weighted by Gasteiger charge is 2.30. The minimum Gasteiger partial charge on any atom is -0.396 e. The van der Waals surface area contributed by atoms with Crippen LogP contribution in [0.1, 0.15) is 47.7 Å². The number of hydrogen-bond acceptors (Lipinski definition) is 7. The van der Waals surface area contributed by atoms with Crippen molar-refractivity contribution in [2.24, 2.45) is 5.16 Å². The van der Waals surface area contributed by atoms with Gasteiger partial charge in [0.05, 0.1) is 17.1 Å². The predicted molar refractivity (Wildman–Crippen MR) is 130 cm³/mol. The third-order valence-electron chi connectivity index (χ3n) is 6.61. The van der Waals surface area contributed by atoms with Crippen molar-refractivity contribution in [1.29, 1.82) is 0 Å². The van der Waals surface area contributed by atoms with Crippen LogP contribution in [-0.2, 0) is 11.3 Å². The van der Waals surface area contributed by atoms with Crippen LogP contribution in [-0.4, -0.2) is 51.8 Å². The molecule has 1 aromatic carbocycles. The lowest BCUT2D eigenvalue weighted by Gasteiger charge is -2.30. The number of nitrogens with two attached hydrogens (primary N) is 1. The van der Waals surface area contributed by atoms with Gasteiger partial charge in [-0.2, -0.15) is 0 Å². The lowest BCUT2D eigenvalue weighted by atomic mass is 9.78. The largest absolute Gasteiger partial charge is 0.396 e. The van der Waals surface area contributed by atoms with Gasteiger partial charge in [0.15, 0.2) is 0 Å². The van der Waals surface area contributed by atoms with Crippen molar-refractivity contribution in [3.8, 4) is 11.1 Å². The Kier molecular flexibility index (Phi) is 6.49. The maximum atomic E-state index is 14.2. The highest BCUT2D eigenvalue weighted by Crippen LogP contribution is 2.38. The van der Waals surface area contributed by atoms with Crippen LogP contribution in [0.5, 0.6) is 0 Å². The molecule has 34 heavy (non-hydrogen) atoms. The van der Waals surface area contributed by atoms with Crippen LogP contribution < -0.4 is 5.73 Å². The molecule has 1 unspecified atom stereocenters. The molecule has 176 valence electrons. The molecule has 2 N–H and O–H groups in total. The zero-order valence-corrected chi connectivity index (χ0v) is 19.4. The van der Waals surface area contributed by atoms with Crippen molar-refractivity contribution in [1.82, 2.24) is 19.9 Å². The Balaban J connectivity index is 1.45. The molecule has 0 saturated carbocycles. The van der Waals surface area contributed by atoms with Crippen molar-refractivity contribution in [2.75, 3.05) is 32.0 Å². The molecule has 1 aliphatic carbocycles. The van der Waals surface area contributed by atoms with Gasteiger partial charge in [-0.3, -0.25) is 4.98 Å². The molecule has 1 fully saturated rings. The van der Waals surface area contributed by atoms with Crippen molar-refractivity contribution in [2.45, 2.75) is 38.5 Å². The number of rotatable bonds is 7. The predicted octanol–water partition coefficient (Wildman–Crippen LogP) is 4.11. The summed E-state index contributed by atoms with van der Waals surface area (Å²) in [4.78, 5) is 21.3. The Hall–Kier alpha value is -3.39. The van der Waals surface area contributed by atoms with Gasteiger partial charge in [-0.15, -0.1) is 0 Å². The highest BCUT2D eigenvalue weighted by molar-refractivity contribution is 6.03. The number of hydrogen-bond donors (Lipinski definition) is 1. The van der Waals surface area contributed by atoms with Crippen LogP contribution in [0.3, 0.4) is 0 Å². The summed E-state index contributed by atoms with van der Waals surface area (Å²) < 4.78 is 14.2. The molecular formula is C26H29FN6O. The molecule has 2 aromatic heterocycles. The standard InChI is InChI=1S/C26H29FN6O/c1-17-25-23(31-26(28)30-17)13-19(14-24(25)32-34-12-4-11-33-9-3-10-33)21-7-6-20(27)15-22(21)18-5-2-8-29-16-18/h2,5-8,15-16,19H,3-4,9-14H2,1H3,(H2,28,30,31). The molecule has 3 heterocycles. The molecule has 0 spiro atoms. The Morgan fingerprint density at radius 1 is 1.21 bits per heavy atom. The first-order valence-corrected chi connectivity index (χ1v) is 11.8. The van der Waals surface area contributed by atoms with Gasteiger partial charge in [-0.1, -0.05) is 17.3 Å². The molecule has 3 aromatic rings. The van der Waals surface area contributed by atoms with E-state index in [1.807, 2.05) is 25.1 Å². The van der Waals surface area contributed by atoms with E-state index in [0.29, 0.717) is 19.4 Å². The molecule has 0 amide bonds. The molecule has 1 atom stereocenters. The van der Waals surface area contributed by atoms with E-state index in [4.69, 9.17) is 10.6 Å². The zero-order chi connectivity index (χ0) is 23.5. The lowest BCUT2D eigenvalue weighted by Crippen LogP contribution is -2.37. The lowest BCUT2D eigenvalue weighted by molar-refractivity contribution is 0.112. The van der Waals surface area contributed by atoms with Gasteiger partial charge >= 0.3 is 0 Å². The number of halogens is 1. The summed E-state index contributed by atoms with van der Waals surface area (Å²) in [5.74, 6) is 0.0133. The van der Waals surface area contributed by atoms with Crippen LogP contribution in [0.25, 0.3) is 11.1 Å². The van der Waals surface area contributed by atoms with Crippen LogP contribution in [0, 0.1) is 12.7 Å². The van der Waals surface area contributed by atoms with E-state index in [-0.39, 0.29) is 17.7 Å². The van der Waals surface area contributed by atoms with E-state index in [9.17, 15) is 4.39 Å². The second-order valence-corrected chi connectivity index (χ2v) is 8.99. The minimum absolute atomic E-state index is 0.0421. The van der Waals surface area contributed by atoms with Crippen molar-refractivity contribution >= 4 is 11.7 Å². The second kappa shape index (κ2) is 9.85. The van der Waals surface area contributed by atoms with E-state index >= 15 is 0 Å². The maximum absolute atomic E-state index is 14.2. The summed E-state index contributed by atoms with van der Waals surface area (Å²) in [6, 6.07) is 8.75. The van der Waals surface area contributed by atoms with E-state index in [1.54, 1.807) is 18.5 Å². The smallest absolute Gasteiger partial charge is 0.220 e. The number of nitrogen functional groups attached to an aromatic ring is 1. The number of likely N-dealkylation sites (tertiary alicyclic amines) is 1. The molecule has 8 heteroatoms. The molecule has 1 saturated heterocycles. The number of benzene rings is 1. The van der Waals surface area contributed by atoms with Crippen molar-refractivity contribution in [3.05, 3.63) is 71.1 Å². The third-order valence-corrected chi connectivity index (χ3v) is 6.61. The molecule has 7 nitrogen and oxygen atoms in total. The highest BCUT2D eigenvalue weighted by atomic mass is 19.1. The van der Waals surface area contributed by atoms with Gasteiger partial charge in [-0.05, 0) is 74.5 Å². The molecule has 1 aliphatic heterocycles. The van der Waals surface area contributed by atoms with Gasteiger partial charge in [-0.25, -0.2) is 14.4 Å². The van der Waals surface area contributed by atoms with Crippen molar-refractivity contribution < 1.29 is 9.23 Å². The average molecular weight is 461 g/mol. The van der Waals surface area contributed by atoms with E-state index in [0.717, 1.165) is 52.3 Å². The first kappa shape index (κ1) is 22.4. The summed E-state index contributed by atoms with van der Waals surface area (Å²) in [7, 11) is 0. The fraction of sp³-hybridized carbons (Fsp3) is 0.385. The maximum Gasteiger partial charge on any atom is 0.220 e. The molecular weight excluding hydrogens is 431 g/mol. The Bertz CT molecular complexity index is 1200. The molecule has 5 rings (SSSR count). The number of anilines is 1. The Morgan fingerprint density at radius 2 is 2.09 bits per heavy atom. The van der Waals surface area contributed by atoms with Gasteiger partial charge < -0.3 is 15.5 Å².